The molecule has 28 heavy (non-hydrogen) atoms. The van der Waals surface area contributed by atoms with Crippen LogP contribution in [-0.4, -0.2) is 110 Å². The Morgan fingerprint density at radius 3 is 2.18 bits per heavy atom. The van der Waals surface area contributed by atoms with Crippen LogP contribution in [-0.2, 0) is 9.59 Å². The van der Waals surface area contributed by atoms with Crippen LogP contribution in [0, 0.1) is 5.82 Å². The summed E-state index contributed by atoms with van der Waals surface area (Å²) in [6, 6.07) is 0. The molecule has 0 spiro atoms. The van der Waals surface area contributed by atoms with E-state index in [2.05, 4.69) is 20.3 Å². The highest BCUT2D eigenvalue weighted by atomic mass is 19.1. The van der Waals surface area contributed by atoms with Gasteiger partial charge in [-0.1, -0.05) is 0 Å². The van der Waals surface area contributed by atoms with E-state index in [9.17, 15) is 14.0 Å². The van der Waals surface area contributed by atoms with Gasteiger partial charge in [0.15, 0.2) is 11.8 Å². The zero-order valence-electron chi connectivity index (χ0n) is 16.7. The third-order valence-corrected chi connectivity index (χ3v) is 4.23. The van der Waals surface area contributed by atoms with E-state index in [1.54, 1.807) is 28.2 Å². The zero-order valence-corrected chi connectivity index (χ0v) is 16.7. The van der Waals surface area contributed by atoms with Gasteiger partial charge in [-0.3, -0.25) is 9.59 Å². The molecule has 1 saturated heterocycles. The smallest absolute Gasteiger partial charge is 0.243 e. The number of anilines is 1. The van der Waals surface area contributed by atoms with E-state index < -0.39 is 5.82 Å². The SMILES string of the molecule is CN(C)C(=O)CN=C(NCC(=O)N(C)C)N1CCN(c2ncc(F)cn2)CC1. The van der Waals surface area contributed by atoms with Crippen molar-refractivity contribution in [2.24, 2.45) is 4.99 Å². The molecule has 11 heteroatoms. The van der Waals surface area contributed by atoms with Crippen molar-refractivity contribution in [3.05, 3.63) is 18.2 Å². The van der Waals surface area contributed by atoms with Gasteiger partial charge < -0.3 is 24.9 Å². The van der Waals surface area contributed by atoms with Gasteiger partial charge in [-0.2, -0.15) is 0 Å². The molecule has 0 aromatic carbocycles. The van der Waals surface area contributed by atoms with Crippen molar-refractivity contribution >= 4 is 23.7 Å². The van der Waals surface area contributed by atoms with Crippen LogP contribution < -0.4 is 10.2 Å². The highest BCUT2D eigenvalue weighted by Crippen LogP contribution is 2.10. The van der Waals surface area contributed by atoms with E-state index in [1.807, 2.05) is 9.80 Å². The standard InChI is InChI=1S/C17H27FN8O2/c1-23(2)14(27)11-21-17(22-12-15(28)24(3)4)26-7-5-25(6-8-26)16-19-9-13(18)10-20-16/h9-10H,5-8,11-12H2,1-4H3,(H,21,22). The van der Waals surface area contributed by atoms with Crippen LogP contribution in [0.25, 0.3) is 0 Å². The quantitative estimate of drug-likeness (QED) is 0.498. The Labute approximate surface area is 164 Å². The van der Waals surface area contributed by atoms with Gasteiger partial charge in [0, 0.05) is 54.4 Å². The summed E-state index contributed by atoms with van der Waals surface area (Å²) >= 11 is 0. The van der Waals surface area contributed by atoms with Crippen molar-refractivity contribution in [1.29, 1.82) is 0 Å². The number of rotatable bonds is 5. The maximum absolute atomic E-state index is 13.0. The van der Waals surface area contributed by atoms with Gasteiger partial charge in [0.25, 0.3) is 0 Å². The Morgan fingerprint density at radius 1 is 1.07 bits per heavy atom. The van der Waals surface area contributed by atoms with Crippen LogP contribution >= 0.6 is 0 Å². The lowest BCUT2D eigenvalue weighted by Crippen LogP contribution is -2.54. The number of nitrogens with zero attached hydrogens (tertiary/aromatic N) is 7. The lowest BCUT2D eigenvalue weighted by atomic mass is 10.3. The molecule has 1 aromatic rings. The first-order valence-electron chi connectivity index (χ1n) is 8.94. The molecule has 1 aliphatic heterocycles. The number of hydrogen-bond donors (Lipinski definition) is 1. The van der Waals surface area contributed by atoms with Gasteiger partial charge in [0.1, 0.15) is 6.54 Å². The second-order valence-electron chi connectivity index (χ2n) is 6.75. The Hall–Kier alpha value is -2.98. The Balaban J connectivity index is 2.02. The van der Waals surface area contributed by atoms with Crippen LogP contribution in [0.3, 0.4) is 0 Å². The molecule has 1 aliphatic rings. The number of guanidine groups is 1. The van der Waals surface area contributed by atoms with E-state index >= 15 is 0 Å². The highest BCUT2D eigenvalue weighted by Gasteiger charge is 2.22. The molecular weight excluding hydrogens is 367 g/mol. The Kier molecular flexibility index (Phi) is 7.47. The normalized spacial score (nSPS) is 14.7. The highest BCUT2D eigenvalue weighted by molar-refractivity contribution is 5.88. The molecule has 0 atom stereocenters. The minimum absolute atomic E-state index is 0.00717. The number of hydrogen-bond acceptors (Lipinski definition) is 6. The zero-order chi connectivity index (χ0) is 20.7. The molecule has 0 bridgehead atoms. The average Bonchev–Trinajstić information content (AvgIpc) is 2.68. The third kappa shape index (κ3) is 6.03. The summed E-state index contributed by atoms with van der Waals surface area (Å²) in [6.07, 6.45) is 2.28. The van der Waals surface area contributed by atoms with Crippen molar-refractivity contribution in [3.63, 3.8) is 0 Å². The third-order valence-electron chi connectivity index (χ3n) is 4.23. The Bertz CT molecular complexity index is 700. The molecule has 0 radical (unpaired) electrons. The van der Waals surface area contributed by atoms with Crippen LogP contribution in [0.5, 0.6) is 0 Å². The lowest BCUT2D eigenvalue weighted by molar-refractivity contribution is -0.127. The number of likely N-dealkylation sites (N-methyl/N-ethyl adjacent to an activating group) is 2. The van der Waals surface area contributed by atoms with Gasteiger partial charge in [0.05, 0.1) is 18.9 Å². The number of amides is 2. The van der Waals surface area contributed by atoms with E-state index in [1.165, 1.54) is 9.80 Å². The van der Waals surface area contributed by atoms with Gasteiger partial charge in [-0.25, -0.2) is 19.4 Å². The molecular formula is C17H27FN8O2. The molecule has 2 amide bonds. The van der Waals surface area contributed by atoms with Crippen LogP contribution in [0.2, 0.25) is 0 Å². The van der Waals surface area contributed by atoms with E-state index in [0.717, 1.165) is 12.4 Å². The molecule has 0 unspecified atom stereocenters. The van der Waals surface area contributed by atoms with E-state index in [0.29, 0.717) is 38.1 Å². The van der Waals surface area contributed by atoms with Crippen molar-refractivity contribution < 1.29 is 14.0 Å². The predicted octanol–water partition coefficient (Wildman–Crippen LogP) is -1.14. The summed E-state index contributed by atoms with van der Waals surface area (Å²) in [5.41, 5.74) is 0. The fourth-order valence-electron chi connectivity index (χ4n) is 2.45. The lowest BCUT2D eigenvalue weighted by Gasteiger charge is -2.36. The molecule has 154 valence electrons. The van der Waals surface area contributed by atoms with Crippen molar-refractivity contribution in [2.45, 2.75) is 0 Å². The summed E-state index contributed by atoms with van der Waals surface area (Å²) < 4.78 is 13.0. The van der Waals surface area contributed by atoms with Gasteiger partial charge in [-0.05, 0) is 0 Å². The predicted molar refractivity (Wildman–Crippen MR) is 103 cm³/mol. The van der Waals surface area contributed by atoms with Crippen LogP contribution in [0.15, 0.2) is 17.4 Å². The number of carbonyl (C=O) groups is 2. The van der Waals surface area contributed by atoms with Crippen molar-refractivity contribution in [2.75, 3.05) is 72.4 Å². The number of halogens is 1. The fourth-order valence-corrected chi connectivity index (χ4v) is 2.45. The molecule has 0 aliphatic carbocycles. The first-order valence-corrected chi connectivity index (χ1v) is 8.94. The first-order chi connectivity index (χ1) is 13.3. The second kappa shape index (κ2) is 9.81. The minimum atomic E-state index is -0.475. The summed E-state index contributed by atoms with van der Waals surface area (Å²) in [5.74, 6) is 0.279. The van der Waals surface area contributed by atoms with Gasteiger partial charge in [0.2, 0.25) is 17.8 Å². The average molecular weight is 394 g/mol. The molecule has 1 fully saturated rings. The van der Waals surface area contributed by atoms with Crippen LogP contribution in [0.1, 0.15) is 0 Å². The van der Waals surface area contributed by atoms with E-state index in [-0.39, 0.29) is 24.9 Å². The molecule has 2 heterocycles. The molecule has 10 nitrogen and oxygen atoms in total. The first kappa shape index (κ1) is 21.3. The van der Waals surface area contributed by atoms with Gasteiger partial charge >= 0.3 is 0 Å². The monoisotopic (exact) mass is 394 g/mol. The number of carbonyl (C=O) groups excluding carboxylic acids is 2. The summed E-state index contributed by atoms with van der Waals surface area (Å²) in [4.78, 5) is 43.1. The minimum Gasteiger partial charge on any atom is -0.347 e. The number of aromatic nitrogens is 2. The number of nitrogens with one attached hydrogen (secondary N) is 1. The molecule has 0 saturated carbocycles. The van der Waals surface area contributed by atoms with Crippen molar-refractivity contribution in [3.8, 4) is 0 Å². The van der Waals surface area contributed by atoms with Crippen molar-refractivity contribution in [1.82, 2.24) is 30.0 Å². The Morgan fingerprint density at radius 2 is 1.64 bits per heavy atom. The maximum Gasteiger partial charge on any atom is 0.243 e. The van der Waals surface area contributed by atoms with Crippen LogP contribution in [0.4, 0.5) is 10.3 Å². The summed E-state index contributed by atoms with van der Waals surface area (Å²) in [5, 5.41) is 3.04. The number of aliphatic imine (C=N–C) groups is 1. The van der Waals surface area contributed by atoms with Gasteiger partial charge in [-0.15, -0.1) is 0 Å². The fraction of sp³-hybridized carbons (Fsp3) is 0.588. The van der Waals surface area contributed by atoms with E-state index in [4.69, 9.17) is 0 Å². The summed E-state index contributed by atoms with van der Waals surface area (Å²) in [7, 11) is 6.69. The molecule has 1 aromatic heterocycles. The second-order valence-corrected chi connectivity index (χ2v) is 6.75. The molecule has 1 N–H and O–H groups in total. The molecule has 2 rings (SSSR count). The number of piperazine rings is 1. The topological polar surface area (TPSA) is 97.3 Å². The largest absolute Gasteiger partial charge is 0.347 e. The summed E-state index contributed by atoms with van der Waals surface area (Å²) in [6.45, 7) is 2.49. The maximum atomic E-state index is 13.0.